The van der Waals surface area contributed by atoms with Gasteiger partial charge in [0.15, 0.2) is 0 Å². The Kier molecular flexibility index (Phi) is 8.17. The van der Waals surface area contributed by atoms with Gasteiger partial charge in [-0.25, -0.2) is 13.1 Å². The monoisotopic (exact) mass is 469 g/mol. The van der Waals surface area contributed by atoms with Crippen LogP contribution in [0.15, 0.2) is 59.5 Å². The third-order valence-corrected chi connectivity index (χ3v) is 5.56. The van der Waals surface area contributed by atoms with Crippen molar-refractivity contribution in [1.29, 1.82) is 0 Å². The van der Waals surface area contributed by atoms with E-state index in [4.69, 9.17) is 0 Å². The Hall–Kier alpha value is -3.18. The number of carbonyl (C=O) groups is 2. The SMILES string of the molecule is CC(C)NS(=O)(=O)c1ccc(/C=C/C(=O)Nc2ccccc2C(=O)NCC(F)(F)F)cc1. The minimum Gasteiger partial charge on any atom is -0.343 e. The van der Waals surface area contributed by atoms with Crippen LogP contribution in [-0.4, -0.2) is 39.0 Å². The van der Waals surface area contributed by atoms with Gasteiger partial charge in [-0.05, 0) is 49.8 Å². The van der Waals surface area contributed by atoms with Crippen molar-refractivity contribution in [1.82, 2.24) is 10.0 Å². The van der Waals surface area contributed by atoms with Crippen molar-refractivity contribution < 1.29 is 31.2 Å². The van der Waals surface area contributed by atoms with Crippen LogP contribution in [0.5, 0.6) is 0 Å². The molecule has 3 N–H and O–H groups in total. The average molecular weight is 469 g/mol. The summed E-state index contributed by atoms with van der Waals surface area (Å²) >= 11 is 0. The second-order valence-electron chi connectivity index (χ2n) is 7.01. The van der Waals surface area contributed by atoms with E-state index >= 15 is 0 Å². The van der Waals surface area contributed by atoms with Crippen molar-refractivity contribution in [2.24, 2.45) is 0 Å². The number of nitrogens with one attached hydrogen (secondary N) is 3. The smallest absolute Gasteiger partial charge is 0.343 e. The van der Waals surface area contributed by atoms with Gasteiger partial charge in [0.05, 0.1) is 16.1 Å². The molecule has 11 heteroatoms. The summed E-state index contributed by atoms with van der Waals surface area (Å²) in [6.07, 6.45) is -1.98. The first-order chi connectivity index (χ1) is 14.9. The first-order valence-electron chi connectivity index (χ1n) is 9.43. The molecular formula is C21H22F3N3O4S. The van der Waals surface area contributed by atoms with E-state index in [1.165, 1.54) is 54.6 Å². The van der Waals surface area contributed by atoms with Crippen molar-refractivity contribution >= 4 is 33.6 Å². The van der Waals surface area contributed by atoms with Crippen LogP contribution in [-0.2, 0) is 14.8 Å². The Labute approximate surface area is 183 Å². The van der Waals surface area contributed by atoms with Crippen LogP contribution in [0, 0.1) is 0 Å². The predicted octanol–water partition coefficient (Wildman–Crippen LogP) is 3.32. The molecule has 2 aromatic rings. The first kappa shape index (κ1) is 25.1. The molecule has 0 spiro atoms. The fourth-order valence-corrected chi connectivity index (χ4v) is 3.80. The van der Waals surface area contributed by atoms with Crippen molar-refractivity contribution in [3.63, 3.8) is 0 Å². The van der Waals surface area contributed by atoms with Crippen LogP contribution in [0.1, 0.15) is 29.8 Å². The molecule has 0 saturated carbocycles. The zero-order chi connectivity index (χ0) is 23.9. The van der Waals surface area contributed by atoms with E-state index in [2.05, 4.69) is 10.0 Å². The summed E-state index contributed by atoms with van der Waals surface area (Å²) in [7, 11) is -3.64. The molecule has 2 aromatic carbocycles. The lowest BCUT2D eigenvalue weighted by atomic mass is 10.1. The van der Waals surface area contributed by atoms with Crippen LogP contribution < -0.4 is 15.4 Å². The largest absolute Gasteiger partial charge is 0.405 e. The van der Waals surface area contributed by atoms with Gasteiger partial charge >= 0.3 is 6.18 Å². The van der Waals surface area contributed by atoms with E-state index in [9.17, 15) is 31.2 Å². The molecular weight excluding hydrogens is 447 g/mol. The normalized spacial score (nSPS) is 12.2. The van der Waals surface area contributed by atoms with Gasteiger partial charge in [-0.1, -0.05) is 24.3 Å². The molecule has 0 radical (unpaired) electrons. The standard InChI is InChI=1S/C21H22F3N3O4S/c1-14(2)27-32(30,31)16-10-7-15(8-11-16)9-12-19(28)26-18-6-4-3-5-17(18)20(29)25-13-21(22,23)24/h3-12,14,27H,13H2,1-2H3,(H,25,29)(H,26,28)/b12-9+. The van der Waals surface area contributed by atoms with Gasteiger partial charge < -0.3 is 10.6 Å². The molecule has 0 aromatic heterocycles. The number of sulfonamides is 1. The predicted molar refractivity (Wildman–Crippen MR) is 114 cm³/mol. The summed E-state index contributed by atoms with van der Waals surface area (Å²) < 4.78 is 63.7. The highest BCUT2D eigenvalue weighted by molar-refractivity contribution is 7.89. The van der Waals surface area contributed by atoms with Gasteiger partial charge in [-0.2, -0.15) is 13.2 Å². The summed E-state index contributed by atoms with van der Waals surface area (Å²) in [5.41, 5.74) is 0.466. The third-order valence-electron chi connectivity index (χ3n) is 3.89. The summed E-state index contributed by atoms with van der Waals surface area (Å²) in [5, 5.41) is 4.19. The van der Waals surface area contributed by atoms with Crippen LogP contribution in [0.2, 0.25) is 0 Å². The molecule has 172 valence electrons. The summed E-state index contributed by atoms with van der Waals surface area (Å²) in [6, 6.07) is 11.2. The highest BCUT2D eigenvalue weighted by Gasteiger charge is 2.28. The Morgan fingerprint density at radius 1 is 1.03 bits per heavy atom. The Bertz CT molecular complexity index is 1100. The number of rotatable bonds is 8. The second-order valence-corrected chi connectivity index (χ2v) is 8.73. The molecule has 0 aliphatic rings. The maximum atomic E-state index is 12.3. The topological polar surface area (TPSA) is 104 Å². The van der Waals surface area contributed by atoms with Gasteiger partial charge in [0.1, 0.15) is 6.54 Å². The minimum absolute atomic E-state index is 0.0445. The van der Waals surface area contributed by atoms with Crippen LogP contribution in [0.3, 0.4) is 0 Å². The highest BCUT2D eigenvalue weighted by Crippen LogP contribution is 2.17. The van der Waals surface area contributed by atoms with Gasteiger partial charge in [-0.15, -0.1) is 0 Å². The number of anilines is 1. The molecule has 0 bridgehead atoms. The third kappa shape index (κ3) is 7.82. The molecule has 2 rings (SSSR count). The number of amides is 2. The molecule has 0 saturated heterocycles. The zero-order valence-corrected chi connectivity index (χ0v) is 18.0. The summed E-state index contributed by atoms with van der Waals surface area (Å²) in [4.78, 5) is 24.3. The fraction of sp³-hybridized carbons (Fsp3) is 0.238. The molecule has 32 heavy (non-hydrogen) atoms. The second kappa shape index (κ2) is 10.4. The number of alkyl halides is 3. The number of hydrogen-bond donors (Lipinski definition) is 3. The van der Waals surface area contributed by atoms with E-state index in [0.29, 0.717) is 5.56 Å². The minimum atomic E-state index is -4.56. The number of carbonyl (C=O) groups excluding carboxylic acids is 2. The maximum absolute atomic E-state index is 12.3. The molecule has 0 atom stereocenters. The molecule has 2 amide bonds. The Balaban J connectivity index is 2.06. The van der Waals surface area contributed by atoms with E-state index in [-0.39, 0.29) is 22.2 Å². The fourth-order valence-electron chi connectivity index (χ4n) is 2.55. The van der Waals surface area contributed by atoms with Crippen LogP contribution >= 0.6 is 0 Å². The molecule has 0 aliphatic carbocycles. The van der Waals surface area contributed by atoms with Crippen molar-refractivity contribution in [2.75, 3.05) is 11.9 Å². The van der Waals surface area contributed by atoms with Crippen molar-refractivity contribution in [2.45, 2.75) is 31.0 Å². The number of halogens is 3. The highest BCUT2D eigenvalue weighted by atomic mass is 32.2. The summed E-state index contributed by atoms with van der Waals surface area (Å²) in [6.45, 7) is 1.91. The van der Waals surface area contributed by atoms with E-state index in [1.807, 2.05) is 0 Å². The Morgan fingerprint density at radius 3 is 2.25 bits per heavy atom. The zero-order valence-electron chi connectivity index (χ0n) is 17.2. The first-order valence-corrected chi connectivity index (χ1v) is 10.9. The van der Waals surface area contributed by atoms with Gasteiger partial charge in [0.2, 0.25) is 15.9 Å². The van der Waals surface area contributed by atoms with Gasteiger partial charge in [0, 0.05) is 12.1 Å². The van der Waals surface area contributed by atoms with E-state index in [0.717, 1.165) is 6.08 Å². The van der Waals surface area contributed by atoms with Gasteiger partial charge in [-0.3, -0.25) is 9.59 Å². The molecule has 0 aliphatic heterocycles. The molecule has 7 nitrogen and oxygen atoms in total. The lowest BCUT2D eigenvalue weighted by Gasteiger charge is -2.12. The Morgan fingerprint density at radius 2 is 1.66 bits per heavy atom. The lowest BCUT2D eigenvalue weighted by Crippen LogP contribution is -2.34. The molecule has 0 unspecified atom stereocenters. The van der Waals surface area contributed by atoms with Gasteiger partial charge in [0.25, 0.3) is 5.91 Å². The van der Waals surface area contributed by atoms with E-state index in [1.54, 1.807) is 19.2 Å². The summed E-state index contributed by atoms with van der Waals surface area (Å²) in [5.74, 6) is -1.60. The molecule has 0 fully saturated rings. The van der Waals surface area contributed by atoms with Crippen molar-refractivity contribution in [3.8, 4) is 0 Å². The molecule has 0 heterocycles. The average Bonchev–Trinajstić information content (AvgIpc) is 2.70. The number of para-hydroxylation sites is 1. The lowest BCUT2D eigenvalue weighted by molar-refractivity contribution is -0.123. The van der Waals surface area contributed by atoms with E-state index < -0.39 is 34.6 Å². The van der Waals surface area contributed by atoms with Crippen molar-refractivity contribution in [3.05, 3.63) is 65.7 Å². The quantitative estimate of drug-likeness (QED) is 0.516. The van der Waals surface area contributed by atoms with Crippen LogP contribution in [0.25, 0.3) is 6.08 Å². The van der Waals surface area contributed by atoms with Crippen LogP contribution in [0.4, 0.5) is 18.9 Å². The number of hydrogen-bond acceptors (Lipinski definition) is 4. The maximum Gasteiger partial charge on any atom is 0.405 e. The number of benzene rings is 2.